The standard InChI is InChI=1S/C15H13BrO2/c16-14-4-2-1-3-13(14)11-5-7-12(8-6-11)15-17-9-10-18-15/h1-8,15H,9-10H2. The van der Waals surface area contributed by atoms with Crippen molar-refractivity contribution in [2.45, 2.75) is 6.29 Å². The third kappa shape index (κ3) is 2.34. The molecule has 1 saturated heterocycles. The van der Waals surface area contributed by atoms with Gasteiger partial charge in [0.1, 0.15) is 0 Å². The van der Waals surface area contributed by atoms with Crippen molar-refractivity contribution in [1.82, 2.24) is 0 Å². The first-order valence-corrected chi connectivity index (χ1v) is 6.72. The molecule has 1 heterocycles. The number of ether oxygens (including phenoxy) is 2. The van der Waals surface area contributed by atoms with Gasteiger partial charge in [-0.1, -0.05) is 58.4 Å². The quantitative estimate of drug-likeness (QED) is 0.829. The van der Waals surface area contributed by atoms with Gasteiger partial charge in [-0.05, 0) is 17.2 Å². The van der Waals surface area contributed by atoms with Crippen LogP contribution in [0.5, 0.6) is 0 Å². The van der Waals surface area contributed by atoms with Crippen LogP contribution in [0.25, 0.3) is 11.1 Å². The van der Waals surface area contributed by atoms with Crippen LogP contribution < -0.4 is 0 Å². The van der Waals surface area contributed by atoms with E-state index in [-0.39, 0.29) is 6.29 Å². The van der Waals surface area contributed by atoms with E-state index in [2.05, 4.69) is 46.3 Å². The lowest BCUT2D eigenvalue weighted by Crippen LogP contribution is -1.97. The second-order valence-electron chi connectivity index (χ2n) is 4.18. The van der Waals surface area contributed by atoms with E-state index in [4.69, 9.17) is 9.47 Å². The summed E-state index contributed by atoms with van der Waals surface area (Å²) in [6, 6.07) is 16.5. The van der Waals surface area contributed by atoms with Gasteiger partial charge in [0.25, 0.3) is 0 Å². The molecule has 0 N–H and O–H groups in total. The van der Waals surface area contributed by atoms with E-state index in [0.29, 0.717) is 13.2 Å². The molecule has 2 aromatic carbocycles. The first-order valence-electron chi connectivity index (χ1n) is 5.93. The monoisotopic (exact) mass is 304 g/mol. The topological polar surface area (TPSA) is 18.5 Å². The summed E-state index contributed by atoms with van der Waals surface area (Å²) >= 11 is 3.57. The molecule has 0 spiro atoms. The van der Waals surface area contributed by atoms with Gasteiger partial charge in [-0.25, -0.2) is 0 Å². The molecule has 3 rings (SSSR count). The number of hydrogen-bond donors (Lipinski definition) is 0. The average molecular weight is 305 g/mol. The van der Waals surface area contributed by atoms with Crippen molar-refractivity contribution in [3.63, 3.8) is 0 Å². The zero-order valence-corrected chi connectivity index (χ0v) is 11.4. The van der Waals surface area contributed by atoms with Gasteiger partial charge >= 0.3 is 0 Å². The van der Waals surface area contributed by atoms with Crippen LogP contribution in [0.15, 0.2) is 53.0 Å². The second-order valence-corrected chi connectivity index (χ2v) is 5.03. The summed E-state index contributed by atoms with van der Waals surface area (Å²) in [7, 11) is 0. The summed E-state index contributed by atoms with van der Waals surface area (Å²) in [5, 5.41) is 0. The Morgan fingerprint density at radius 2 is 1.56 bits per heavy atom. The van der Waals surface area contributed by atoms with Crippen LogP contribution in [0, 0.1) is 0 Å². The van der Waals surface area contributed by atoms with Crippen LogP contribution in [0.1, 0.15) is 11.9 Å². The Morgan fingerprint density at radius 3 is 2.22 bits per heavy atom. The van der Waals surface area contributed by atoms with Crippen LogP contribution >= 0.6 is 15.9 Å². The fraction of sp³-hybridized carbons (Fsp3) is 0.200. The van der Waals surface area contributed by atoms with Crippen LogP contribution in [0.4, 0.5) is 0 Å². The molecule has 2 aromatic rings. The smallest absolute Gasteiger partial charge is 0.184 e. The molecular formula is C15H13BrO2. The van der Waals surface area contributed by atoms with Crippen LogP contribution in [0.3, 0.4) is 0 Å². The molecule has 2 nitrogen and oxygen atoms in total. The summed E-state index contributed by atoms with van der Waals surface area (Å²) in [5.41, 5.74) is 3.45. The summed E-state index contributed by atoms with van der Waals surface area (Å²) in [4.78, 5) is 0. The zero-order chi connectivity index (χ0) is 12.4. The fourth-order valence-corrected chi connectivity index (χ4v) is 2.58. The Labute approximate surface area is 115 Å². The van der Waals surface area contributed by atoms with Crippen molar-refractivity contribution in [1.29, 1.82) is 0 Å². The van der Waals surface area contributed by atoms with E-state index in [1.807, 2.05) is 18.2 Å². The maximum absolute atomic E-state index is 5.48. The van der Waals surface area contributed by atoms with Crippen molar-refractivity contribution in [2.75, 3.05) is 13.2 Å². The first-order chi connectivity index (χ1) is 8.84. The van der Waals surface area contributed by atoms with Crippen molar-refractivity contribution in [2.24, 2.45) is 0 Å². The Bertz CT molecular complexity index is 530. The van der Waals surface area contributed by atoms with Crippen LogP contribution in [0.2, 0.25) is 0 Å². The van der Waals surface area contributed by atoms with E-state index in [1.165, 1.54) is 11.1 Å². The molecule has 1 aliphatic rings. The molecule has 0 amide bonds. The van der Waals surface area contributed by atoms with Gasteiger partial charge in [0.05, 0.1) is 13.2 Å². The van der Waals surface area contributed by atoms with Crippen molar-refractivity contribution in [3.05, 3.63) is 58.6 Å². The Kier molecular flexibility index (Phi) is 3.46. The minimum atomic E-state index is -0.196. The van der Waals surface area contributed by atoms with Gasteiger partial charge in [0.15, 0.2) is 6.29 Å². The third-order valence-corrected chi connectivity index (χ3v) is 3.68. The summed E-state index contributed by atoms with van der Waals surface area (Å²) in [5.74, 6) is 0. The molecule has 0 radical (unpaired) electrons. The minimum absolute atomic E-state index is 0.196. The maximum Gasteiger partial charge on any atom is 0.184 e. The number of hydrogen-bond acceptors (Lipinski definition) is 2. The molecule has 0 aliphatic carbocycles. The number of benzene rings is 2. The lowest BCUT2D eigenvalue weighted by Gasteiger charge is -2.10. The highest BCUT2D eigenvalue weighted by molar-refractivity contribution is 9.10. The van der Waals surface area contributed by atoms with Gasteiger partial charge in [-0.15, -0.1) is 0 Å². The van der Waals surface area contributed by atoms with Crippen molar-refractivity contribution >= 4 is 15.9 Å². The molecule has 1 fully saturated rings. The highest BCUT2D eigenvalue weighted by Crippen LogP contribution is 2.30. The summed E-state index contributed by atoms with van der Waals surface area (Å²) in [6.07, 6.45) is -0.196. The molecule has 0 saturated carbocycles. The predicted molar refractivity (Wildman–Crippen MR) is 74.2 cm³/mol. The first kappa shape index (κ1) is 11.9. The van der Waals surface area contributed by atoms with Gasteiger partial charge in [-0.2, -0.15) is 0 Å². The van der Waals surface area contributed by atoms with E-state index in [0.717, 1.165) is 10.0 Å². The molecule has 18 heavy (non-hydrogen) atoms. The van der Waals surface area contributed by atoms with Crippen molar-refractivity contribution < 1.29 is 9.47 Å². The third-order valence-electron chi connectivity index (χ3n) is 2.99. The second kappa shape index (κ2) is 5.22. The Morgan fingerprint density at radius 1 is 0.889 bits per heavy atom. The van der Waals surface area contributed by atoms with Gasteiger partial charge in [0, 0.05) is 10.0 Å². The molecule has 1 aliphatic heterocycles. The van der Waals surface area contributed by atoms with E-state index in [1.54, 1.807) is 0 Å². The average Bonchev–Trinajstić information content (AvgIpc) is 2.94. The minimum Gasteiger partial charge on any atom is -0.346 e. The van der Waals surface area contributed by atoms with Crippen LogP contribution in [-0.2, 0) is 9.47 Å². The summed E-state index contributed by atoms with van der Waals surface area (Å²) in [6.45, 7) is 1.35. The molecular weight excluding hydrogens is 292 g/mol. The number of halogens is 1. The lowest BCUT2D eigenvalue weighted by molar-refractivity contribution is -0.0441. The largest absolute Gasteiger partial charge is 0.346 e. The maximum atomic E-state index is 5.48. The molecule has 0 aromatic heterocycles. The Hall–Kier alpha value is -1.16. The molecule has 92 valence electrons. The highest BCUT2D eigenvalue weighted by atomic mass is 79.9. The SMILES string of the molecule is Brc1ccccc1-c1ccc(C2OCCO2)cc1. The molecule has 0 bridgehead atoms. The normalized spacial score (nSPS) is 16.1. The van der Waals surface area contributed by atoms with Gasteiger partial charge in [0.2, 0.25) is 0 Å². The van der Waals surface area contributed by atoms with E-state index < -0.39 is 0 Å². The predicted octanol–water partition coefficient (Wildman–Crippen LogP) is 4.16. The lowest BCUT2D eigenvalue weighted by atomic mass is 10.0. The van der Waals surface area contributed by atoms with Gasteiger partial charge in [-0.3, -0.25) is 0 Å². The van der Waals surface area contributed by atoms with E-state index >= 15 is 0 Å². The number of rotatable bonds is 2. The molecule has 3 heteroatoms. The fourth-order valence-electron chi connectivity index (χ4n) is 2.07. The van der Waals surface area contributed by atoms with Crippen LogP contribution in [-0.4, -0.2) is 13.2 Å². The highest BCUT2D eigenvalue weighted by Gasteiger charge is 2.17. The zero-order valence-electron chi connectivity index (χ0n) is 9.80. The summed E-state index contributed by atoms with van der Waals surface area (Å²) < 4.78 is 12.1. The molecule has 0 unspecified atom stereocenters. The van der Waals surface area contributed by atoms with Crippen molar-refractivity contribution in [3.8, 4) is 11.1 Å². The molecule has 0 atom stereocenters. The van der Waals surface area contributed by atoms with Gasteiger partial charge < -0.3 is 9.47 Å². The Balaban J connectivity index is 1.89. The van der Waals surface area contributed by atoms with E-state index in [9.17, 15) is 0 Å².